The molecule has 1 aliphatic carbocycles. The van der Waals surface area contributed by atoms with E-state index in [1.807, 2.05) is 6.92 Å². The molecule has 122 valence electrons. The SMILES string of the molecule is CCC(CC)NC(=O)C(C)NCC1CCC(C(=O)O)CC1. The lowest BCUT2D eigenvalue weighted by atomic mass is 9.82. The summed E-state index contributed by atoms with van der Waals surface area (Å²) < 4.78 is 0. The number of hydrogen-bond donors (Lipinski definition) is 3. The fourth-order valence-electron chi connectivity index (χ4n) is 2.87. The van der Waals surface area contributed by atoms with E-state index < -0.39 is 5.97 Å². The molecule has 1 rings (SSSR count). The van der Waals surface area contributed by atoms with E-state index in [1.165, 1.54) is 0 Å². The van der Waals surface area contributed by atoms with Gasteiger partial charge in [0.1, 0.15) is 0 Å². The molecule has 0 saturated heterocycles. The summed E-state index contributed by atoms with van der Waals surface area (Å²) in [6, 6.07) is 0.0653. The molecule has 1 unspecified atom stereocenters. The fourth-order valence-corrected chi connectivity index (χ4v) is 2.87. The number of carboxylic acids is 1. The van der Waals surface area contributed by atoms with E-state index in [4.69, 9.17) is 5.11 Å². The molecule has 1 aliphatic rings. The second kappa shape index (κ2) is 9.03. The average molecular weight is 298 g/mol. The highest BCUT2D eigenvalue weighted by molar-refractivity contribution is 5.81. The average Bonchev–Trinajstić information content (AvgIpc) is 2.50. The second-order valence-corrected chi connectivity index (χ2v) is 6.21. The van der Waals surface area contributed by atoms with Gasteiger partial charge in [-0.05, 0) is 57.9 Å². The van der Waals surface area contributed by atoms with Gasteiger partial charge in [0, 0.05) is 6.04 Å². The Bertz CT molecular complexity index is 334. The van der Waals surface area contributed by atoms with Crippen LogP contribution in [-0.2, 0) is 9.59 Å². The van der Waals surface area contributed by atoms with Crippen molar-refractivity contribution in [3.63, 3.8) is 0 Å². The van der Waals surface area contributed by atoms with Crippen LogP contribution in [0.4, 0.5) is 0 Å². The number of hydrogen-bond acceptors (Lipinski definition) is 3. The number of carbonyl (C=O) groups is 2. The van der Waals surface area contributed by atoms with Crippen molar-refractivity contribution in [2.45, 2.75) is 71.4 Å². The molecule has 0 bridgehead atoms. The Morgan fingerprint density at radius 1 is 1.14 bits per heavy atom. The van der Waals surface area contributed by atoms with Crippen LogP contribution >= 0.6 is 0 Å². The highest BCUT2D eigenvalue weighted by Gasteiger charge is 2.26. The minimum atomic E-state index is -0.667. The topological polar surface area (TPSA) is 78.4 Å². The fraction of sp³-hybridized carbons (Fsp3) is 0.875. The molecular formula is C16H30N2O3. The third-order valence-electron chi connectivity index (χ3n) is 4.63. The molecule has 1 amide bonds. The lowest BCUT2D eigenvalue weighted by Gasteiger charge is -2.27. The first-order valence-electron chi connectivity index (χ1n) is 8.24. The summed E-state index contributed by atoms with van der Waals surface area (Å²) in [5.74, 6) is -0.289. The highest BCUT2D eigenvalue weighted by atomic mass is 16.4. The Labute approximate surface area is 127 Å². The van der Waals surface area contributed by atoms with Crippen LogP contribution in [0.5, 0.6) is 0 Å². The van der Waals surface area contributed by atoms with Gasteiger partial charge in [-0.1, -0.05) is 13.8 Å². The molecule has 0 aromatic carbocycles. The molecule has 0 radical (unpaired) electrons. The van der Waals surface area contributed by atoms with Crippen molar-refractivity contribution in [1.29, 1.82) is 0 Å². The minimum absolute atomic E-state index is 0.0583. The summed E-state index contributed by atoms with van der Waals surface area (Å²) in [6.45, 7) is 6.84. The van der Waals surface area contributed by atoms with E-state index in [1.54, 1.807) is 0 Å². The maximum absolute atomic E-state index is 12.0. The molecule has 0 aromatic rings. The Morgan fingerprint density at radius 2 is 1.71 bits per heavy atom. The van der Waals surface area contributed by atoms with Crippen LogP contribution < -0.4 is 10.6 Å². The molecule has 0 aliphatic heterocycles. The van der Waals surface area contributed by atoms with E-state index in [0.29, 0.717) is 5.92 Å². The molecule has 5 nitrogen and oxygen atoms in total. The van der Waals surface area contributed by atoms with Crippen LogP contribution in [0.1, 0.15) is 59.3 Å². The summed E-state index contributed by atoms with van der Waals surface area (Å²) in [4.78, 5) is 22.9. The molecule has 0 heterocycles. The van der Waals surface area contributed by atoms with Crippen molar-refractivity contribution < 1.29 is 14.7 Å². The third-order valence-corrected chi connectivity index (χ3v) is 4.63. The Balaban J connectivity index is 2.25. The summed E-state index contributed by atoms with van der Waals surface area (Å²) in [6.07, 6.45) is 5.30. The van der Waals surface area contributed by atoms with Crippen LogP contribution in [0, 0.1) is 11.8 Å². The number of carbonyl (C=O) groups excluding carboxylic acids is 1. The van der Waals surface area contributed by atoms with Crippen LogP contribution in [0.15, 0.2) is 0 Å². The molecule has 0 spiro atoms. The van der Waals surface area contributed by atoms with Crippen molar-refractivity contribution in [1.82, 2.24) is 10.6 Å². The van der Waals surface area contributed by atoms with Gasteiger partial charge in [-0.3, -0.25) is 9.59 Å². The summed E-state index contributed by atoms with van der Waals surface area (Å²) in [7, 11) is 0. The zero-order valence-electron chi connectivity index (χ0n) is 13.5. The molecule has 3 N–H and O–H groups in total. The van der Waals surface area contributed by atoms with Crippen molar-refractivity contribution >= 4 is 11.9 Å². The van der Waals surface area contributed by atoms with Gasteiger partial charge in [0.2, 0.25) is 5.91 Å². The number of nitrogens with one attached hydrogen (secondary N) is 2. The Hall–Kier alpha value is -1.10. The Kier molecular flexibility index (Phi) is 7.72. The predicted octanol–water partition coefficient (Wildman–Crippen LogP) is 2.16. The van der Waals surface area contributed by atoms with Gasteiger partial charge in [0.05, 0.1) is 12.0 Å². The van der Waals surface area contributed by atoms with E-state index in [9.17, 15) is 9.59 Å². The number of aliphatic carboxylic acids is 1. The molecule has 1 fully saturated rings. The summed E-state index contributed by atoms with van der Waals surface area (Å²) >= 11 is 0. The van der Waals surface area contributed by atoms with Gasteiger partial charge in [-0.15, -0.1) is 0 Å². The maximum atomic E-state index is 12.0. The molecule has 1 atom stereocenters. The zero-order chi connectivity index (χ0) is 15.8. The molecule has 0 aromatic heterocycles. The number of amides is 1. The Morgan fingerprint density at radius 3 is 2.19 bits per heavy atom. The van der Waals surface area contributed by atoms with Crippen molar-refractivity contribution in [2.24, 2.45) is 11.8 Å². The van der Waals surface area contributed by atoms with Gasteiger partial charge in [0.25, 0.3) is 0 Å². The standard InChI is InChI=1S/C16H30N2O3/c1-4-14(5-2)18-15(19)11(3)17-10-12-6-8-13(9-7-12)16(20)21/h11-14,17H,4-10H2,1-3H3,(H,18,19)(H,20,21). The van der Waals surface area contributed by atoms with Gasteiger partial charge in [-0.2, -0.15) is 0 Å². The lowest BCUT2D eigenvalue weighted by Crippen LogP contribution is -2.47. The first-order valence-corrected chi connectivity index (χ1v) is 8.24. The van der Waals surface area contributed by atoms with Crippen LogP contribution in [0.25, 0.3) is 0 Å². The van der Waals surface area contributed by atoms with Crippen LogP contribution in [0.3, 0.4) is 0 Å². The van der Waals surface area contributed by atoms with Gasteiger partial charge in [-0.25, -0.2) is 0 Å². The first-order chi connectivity index (χ1) is 9.97. The summed E-state index contributed by atoms with van der Waals surface area (Å²) in [5.41, 5.74) is 0. The molecular weight excluding hydrogens is 268 g/mol. The minimum Gasteiger partial charge on any atom is -0.481 e. The molecule has 1 saturated carbocycles. The van der Waals surface area contributed by atoms with Gasteiger partial charge < -0.3 is 15.7 Å². The summed E-state index contributed by atoms with van der Waals surface area (Å²) in [5, 5.41) is 15.3. The van der Waals surface area contributed by atoms with E-state index >= 15 is 0 Å². The molecule has 21 heavy (non-hydrogen) atoms. The van der Waals surface area contributed by atoms with E-state index in [-0.39, 0.29) is 23.9 Å². The van der Waals surface area contributed by atoms with Crippen molar-refractivity contribution in [3.8, 4) is 0 Å². The van der Waals surface area contributed by atoms with Gasteiger partial charge in [0.15, 0.2) is 0 Å². The van der Waals surface area contributed by atoms with E-state index in [0.717, 1.165) is 45.1 Å². The maximum Gasteiger partial charge on any atom is 0.306 e. The number of carboxylic acid groups (broad SMARTS) is 1. The lowest BCUT2D eigenvalue weighted by molar-refractivity contribution is -0.143. The predicted molar refractivity (Wildman–Crippen MR) is 83.1 cm³/mol. The normalized spacial score (nSPS) is 23.8. The van der Waals surface area contributed by atoms with Crippen molar-refractivity contribution in [2.75, 3.05) is 6.54 Å². The monoisotopic (exact) mass is 298 g/mol. The second-order valence-electron chi connectivity index (χ2n) is 6.21. The van der Waals surface area contributed by atoms with E-state index in [2.05, 4.69) is 24.5 Å². The molecule has 5 heteroatoms. The smallest absolute Gasteiger partial charge is 0.306 e. The quantitative estimate of drug-likeness (QED) is 0.641. The first kappa shape index (κ1) is 18.0. The number of rotatable bonds is 8. The van der Waals surface area contributed by atoms with Crippen LogP contribution in [0.2, 0.25) is 0 Å². The van der Waals surface area contributed by atoms with Gasteiger partial charge >= 0.3 is 5.97 Å². The van der Waals surface area contributed by atoms with Crippen LogP contribution in [-0.4, -0.2) is 35.6 Å². The largest absolute Gasteiger partial charge is 0.481 e. The highest BCUT2D eigenvalue weighted by Crippen LogP contribution is 2.28. The third kappa shape index (κ3) is 6.04. The zero-order valence-corrected chi connectivity index (χ0v) is 13.5. The van der Waals surface area contributed by atoms with Crippen molar-refractivity contribution in [3.05, 3.63) is 0 Å².